The van der Waals surface area contributed by atoms with Crippen molar-refractivity contribution in [3.63, 3.8) is 0 Å². The SMILES string of the molecule is Cc1cccc(Nc2nnc(S[C@@H](C)C(=O)N[C@H](C)c3ccc(F)cc3)s2)c1. The lowest BCUT2D eigenvalue weighted by Gasteiger charge is -2.17. The van der Waals surface area contributed by atoms with E-state index in [9.17, 15) is 9.18 Å². The molecule has 3 rings (SSSR count). The number of carbonyl (C=O) groups excluding carboxylic acids is 1. The third kappa shape index (κ3) is 5.53. The maximum Gasteiger partial charge on any atom is 0.233 e. The predicted octanol–water partition coefficient (Wildman–Crippen LogP) is 5.09. The lowest BCUT2D eigenvalue weighted by Crippen LogP contribution is -2.33. The number of benzene rings is 2. The first-order chi connectivity index (χ1) is 13.4. The fraction of sp³-hybridized carbons (Fsp3) is 0.250. The van der Waals surface area contributed by atoms with Gasteiger partial charge in [-0.25, -0.2) is 4.39 Å². The van der Waals surface area contributed by atoms with Gasteiger partial charge >= 0.3 is 0 Å². The van der Waals surface area contributed by atoms with E-state index in [2.05, 4.69) is 20.8 Å². The van der Waals surface area contributed by atoms with Gasteiger partial charge in [0.1, 0.15) is 5.82 Å². The van der Waals surface area contributed by atoms with Crippen molar-refractivity contribution >= 4 is 39.8 Å². The summed E-state index contributed by atoms with van der Waals surface area (Å²) in [6, 6.07) is 13.9. The lowest BCUT2D eigenvalue weighted by atomic mass is 10.1. The molecule has 3 aromatic rings. The Hall–Kier alpha value is -2.45. The van der Waals surface area contributed by atoms with Crippen molar-refractivity contribution in [1.82, 2.24) is 15.5 Å². The Morgan fingerprint density at radius 2 is 1.89 bits per heavy atom. The second kappa shape index (κ2) is 9.16. The van der Waals surface area contributed by atoms with E-state index in [4.69, 9.17) is 0 Å². The molecule has 1 heterocycles. The number of carbonyl (C=O) groups is 1. The van der Waals surface area contributed by atoms with Crippen molar-refractivity contribution in [2.24, 2.45) is 0 Å². The summed E-state index contributed by atoms with van der Waals surface area (Å²) in [5, 5.41) is 14.8. The molecule has 0 aliphatic rings. The number of aryl methyl sites for hydroxylation is 1. The molecular weight excluding hydrogens is 395 g/mol. The van der Waals surface area contributed by atoms with Gasteiger partial charge < -0.3 is 10.6 Å². The van der Waals surface area contributed by atoms with E-state index in [0.29, 0.717) is 9.47 Å². The molecule has 2 N–H and O–H groups in total. The first-order valence-electron chi connectivity index (χ1n) is 8.80. The van der Waals surface area contributed by atoms with Crippen LogP contribution in [-0.2, 0) is 4.79 Å². The second-order valence-electron chi connectivity index (χ2n) is 6.41. The number of halogens is 1. The Labute approximate surface area is 171 Å². The van der Waals surface area contributed by atoms with Gasteiger partial charge in [-0.3, -0.25) is 4.79 Å². The Kier molecular flexibility index (Phi) is 6.64. The van der Waals surface area contributed by atoms with E-state index in [0.717, 1.165) is 16.8 Å². The quantitative estimate of drug-likeness (QED) is 0.525. The largest absolute Gasteiger partial charge is 0.349 e. The number of anilines is 2. The number of nitrogens with zero attached hydrogens (tertiary/aromatic N) is 2. The van der Waals surface area contributed by atoms with Gasteiger partial charge in [0.2, 0.25) is 11.0 Å². The summed E-state index contributed by atoms with van der Waals surface area (Å²) in [7, 11) is 0. The number of hydrogen-bond donors (Lipinski definition) is 2. The second-order valence-corrected chi connectivity index (χ2v) is 8.97. The maximum atomic E-state index is 13.0. The van der Waals surface area contributed by atoms with E-state index in [1.165, 1.54) is 35.2 Å². The van der Waals surface area contributed by atoms with Crippen LogP contribution in [0.4, 0.5) is 15.2 Å². The molecule has 0 unspecified atom stereocenters. The van der Waals surface area contributed by atoms with E-state index < -0.39 is 0 Å². The van der Waals surface area contributed by atoms with E-state index in [1.807, 2.05) is 45.0 Å². The van der Waals surface area contributed by atoms with Crippen LogP contribution in [0.5, 0.6) is 0 Å². The Balaban J connectivity index is 1.55. The number of nitrogens with one attached hydrogen (secondary N) is 2. The molecule has 0 bridgehead atoms. The van der Waals surface area contributed by atoms with Crippen LogP contribution in [-0.4, -0.2) is 21.4 Å². The zero-order chi connectivity index (χ0) is 20.1. The standard InChI is InChI=1S/C20H21FN4OS2/c1-12-5-4-6-17(11-12)23-19-24-25-20(28-19)27-14(3)18(26)22-13(2)15-7-9-16(21)10-8-15/h4-11,13-14H,1-3H3,(H,22,26)(H,23,24)/t13-,14+/m1/s1. The van der Waals surface area contributed by atoms with Gasteiger partial charge in [-0.15, -0.1) is 10.2 Å². The molecule has 0 spiro atoms. The highest BCUT2D eigenvalue weighted by Gasteiger charge is 2.19. The molecule has 0 radical (unpaired) electrons. The van der Waals surface area contributed by atoms with Gasteiger partial charge in [-0.2, -0.15) is 0 Å². The van der Waals surface area contributed by atoms with Crippen LogP contribution >= 0.6 is 23.1 Å². The maximum absolute atomic E-state index is 13.0. The molecule has 2 aromatic carbocycles. The van der Waals surface area contributed by atoms with Crippen LogP contribution in [0.25, 0.3) is 0 Å². The molecule has 1 amide bonds. The predicted molar refractivity (Wildman–Crippen MR) is 113 cm³/mol. The molecule has 28 heavy (non-hydrogen) atoms. The molecular formula is C20H21FN4OS2. The summed E-state index contributed by atoms with van der Waals surface area (Å²) in [5.74, 6) is -0.400. The average Bonchev–Trinajstić information content (AvgIpc) is 3.09. The summed E-state index contributed by atoms with van der Waals surface area (Å²) in [6.45, 7) is 5.73. The molecule has 0 aliphatic carbocycles. The zero-order valence-corrected chi connectivity index (χ0v) is 17.4. The highest BCUT2D eigenvalue weighted by molar-refractivity contribution is 8.02. The molecule has 0 saturated heterocycles. The van der Waals surface area contributed by atoms with E-state index in [-0.39, 0.29) is 23.0 Å². The minimum Gasteiger partial charge on any atom is -0.349 e. The Morgan fingerprint density at radius 3 is 2.61 bits per heavy atom. The Bertz CT molecular complexity index is 945. The zero-order valence-electron chi connectivity index (χ0n) is 15.8. The van der Waals surface area contributed by atoms with Gasteiger partial charge in [0.05, 0.1) is 11.3 Å². The average molecular weight is 417 g/mol. The fourth-order valence-electron chi connectivity index (χ4n) is 2.52. The minimum atomic E-state index is -0.331. The normalized spacial score (nSPS) is 13.0. The topological polar surface area (TPSA) is 66.9 Å². The van der Waals surface area contributed by atoms with E-state index in [1.54, 1.807) is 12.1 Å². The molecule has 2 atom stereocenters. The van der Waals surface area contributed by atoms with Crippen LogP contribution in [0, 0.1) is 12.7 Å². The lowest BCUT2D eigenvalue weighted by molar-refractivity contribution is -0.120. The van der Waals surface area contributed by atoms with Crippen LogP contribution < -0.4 is 10.6 Å². The third-order valence-corrected chi connectivity index (χ3v) is 6.07. The van der Waals surface area contributed by atoms with E-state index >= 15 is 0 Å². The van der Waals surface area contributed by atoms with Gasteiger partial charge in [0.25, 0.3) is 0 Å². The Morgan fingerprint density at radius 1 is 1.14 bits per heavy atom. The number of hydrogen-bond acceptors (Lipinski definition) is 6. The number of aromatic nitrogens is 2. The first kappa shape index (κ1) is 20.3. The van der Waals surface area contributed by atoms with Crippen molar-refractivity contribution in [2.45, 2.75) is 36.4 Å². The highest BCUT2D eigenvalue weighted by Crippen LogP contribution is 2.31. The monoisotopic (exact) mass is 416 g/mol. The summed E-state index contributed by atoms with van der Waals surface area (Å²) in [5.41, 5.74) is 2.96. The van der Waals surface area contributed by atoms with Gasteiger partial charge in [-0.05, 0) is 56.2 Å². The van der Waals surface area contributed by atoms with Crippen LogP contribution in [0.15, 0.2) is 52.9 Å². The summed E-state index contributed by atoms with van der Waals surface area (Å²) in [6.07, 6.45) is 0. The minimum absolute atomic E-state index is 0.106. The fourth-order valence-corrected chi connectivity index (χ4v) is 4.45. The van der Waals surface area contributed by atoms with Gasteiger partial charge in [0.15, 0.2) is 4.34 Å². The first-order valence-corrected chi connectivity index (χ1v) is 10.5. The molecule has 0 aliphatic heterocycles. The van der Waals surface area contributed by atoms with Crippen LogP contribution in [0.3, 0.4) is 0 Å². The molecule has 0 fully saturated rings. The van der Waals surface area contributed by atoms with Gasteiger partial charge in [-0.1, -0.05) is 47.4 Å². The molecule has 5 nitrogen and oxygen atoms in total. The summed E-state index contributed by atoms with van der Waals surface area (Å²) in [4.78, 5) is 12.5. The van der Waals surface area contributed by atoms with Crippen molar-refractivity contribution in [1.29, 1.82) is 0 Å². The van der Waals surface area contributed by atoms with Crippen LogP contribution in [0.2, 0.25) is 0 Å². The number of rotatable bonds is 7. The van der Waals surface area contributed by atoms with Crippen molar-refractivity contribution in [2.75, 3.05) is 5.32 Å². The number of amides is 1. The summed E-state index contributed by atoms with van der Waals surface area (Å²) < 4.78 is 13.7. The molecule has 146 valence electrons. The molecule has 0 saturated carbocycles. The van der Waals surface area contributed by atoms with Crippen molar-refractivity contribution < 1.29 is 9.18 Å². The molecule has 1 aromatic heterocycles. The molecule has 8 heteroatoms. The van der Waals surface area contributed by atoms with Crippen molar-refractivity contribution in [3.8, 4) is 0 Å². The van der Waals surface area contributed by atoms with Crippen molar-refractivity contribution in [3.05, 3.63) is 65.5 Å². The van der Waals surface area contributed by atoms with Gasteiger partial charge in [0, 0.05) is 5.69 Å². The van der Waals surface area contributed by atoms with Crippen LogP contribution in [0.1, 0.15) is 31.0 Å². The smallest absolute Gasteiger partial charge is 0.233 e. The number of thioether (sulfide) groups is 1. The highest BCUT2D eigenvalue weighted by atomic mass is 32.2. The summed E-state index contributed by atoms with van der Waals surface area (Å²) >= 11 is 2.76. The third-order valence-electron chi connectivity index (χ3n) is 4.05.